The van der Waals surface area contributed by atoms with Gasteiger partial charge in [-0.3, -0.25) is 9.55 Å². The Morgan fingerprint density at radius 2 is 1.55 bits per heavy atom. The minimum Gasteiger partial charge on any atom is -0.309 e. The number of anilines is 1. The Hall–Kier alpha value is -4.17. The summed E-state index contributed by atoms with van der Waals surface area (Å²) in [6.07, 6.45) is 6.12. The molecule has 0 aliphatic carbocycles. The number of benzene rings is 3. The predicted molar refractivity (Wildman–Crippen MR) is 172 cm³/mol. The average Bonchev–Trinajstić information content (AvgIpc) is 3.30. The quantitative estimate of drug-likeness (QED) is 0.168. The minimum atomic E-state index is -0.0438. The monoisotopic (exact) mass is 578 g/mol. The van der Waals surface area contributed by atoms with E-state index < -0.39 is 0 Å². The summed E-state index contributed by atoms with van der Waals surface area (Å²) in [5.74, 6) is 1.57. The molecule has 0 aliphatic rings. The van der Waals surface area contributed by atoms with Crippen LogP contribution in [0, 0.1) is 0 Å². The largest absolute Gasteiger partial charge is 0.346 e. The predicted octanol–water partition coefficient (Wildman–Crippen LogP) is 7.16. The van der Waals surface area contributed by atoms with Crippen molar-refractivity contribution in [2.75, 3.05) is 4.72 Å². The van der Waals surface area contributed by atoms with E-state index in [0.29, 0.717) is 13.1 Å². The van der Waals surface area contributed by atoms with Crippen molar-refractivity contribution in [2.45, 2.75) is 70.4 Å². The van der Waals surface area contributed by atoms with Crippen LogP contribution in [0.15, 0.2) is 101 Å². The molecule has 2 heterocycles. The van der Waals surface area contributed by atoms with E-state index in [0.717, 1.165) is 52.6 Å². The van der Waals surface area contributed by atoms with E-state index in [1.54, 1.807) is 21.6 Å². The van der Waals surface area contributed by atoms with Gasteiger partial charge in [-0.05, 0) is 66.0 Å². The molecule has 0 radical (unpaired) electrons. The van der Waals surface area contributed by atoms with Gasteiger partial charge in [0.2, 0.25) is 0 Å². The summed E-state index contributed by atoms with van der Waals surface area (Å²) >= 11 is 1.51. The highest BCUT2D eigenvalue weighted by atomic mass is 32.2. The van der Waals surface area contributed by atoms with Gasteiger partial charge in [0.25, 0.3) is 0 Å². The SMILES string of the molecule is CCn1c(CCCc2ccc(-c3cnc(NSc4ccccc4)cn3)cc2)nn(Cc2ccc(C(C)(C)C)cc2)c1=O. The number of aryl methyl sites for hydroxylation is 2. The molecular formula is C34H38N6OS. The van der Waals surface area contributed by atoms with E-state index in [1.807, 2.05) is 37.3 Å². The number of hydrogen-bond donors (Lipinski definition) is 1. The van der Waals surface area contributed by atoms with Crippen LogP contribution >= 0.6 is 11.9 Å². The maximum atomic E-state index is 13.0. The lowest BCUT2D eigenvalue weighted by atomic mass is 9.87. The van der Waals surface area contributed by atoms with Gasteiger partial charge >= 0.3 is 5.69 Å². The average molecular weight is 579 g/mol. The number of nitrogens with one attached hydrogen (secondary N) is 1. The number of nitrogens with zero attached hydrogens (tertiary/aromatic N) is 5. The molecule has 8 heteroatoms. The summed E-state index contributed by atoms with van der Waals surface area (Å²) in [7, 11) is 0. The molecule has 0 atom stereocenters. The zero-order valence-corrected chi connectivity index (χ0v) is 25.6. The van der Waals surface area contributed by atoms with E-state index in [2.05, 4.69) is 84.0 Å². The van der Waals surface area contributed by atoms with Gasteiger partial charge in [-0.1, -0.05) is 87.5 Å². The van der Waals surface area contributed by atoms with Crippen LogP contribution in [0.5, 0.6) is 0 Å². The summed E-state index contributed by atoms with van der Waals surface area (Å²) in [4.78, 5) is 23.2. The summed E-state index contributed by atoms with van der Waals surface area (Å²) in [6.45, 7) is 9.71. The molecule has 0 bridgehead atoms. The number of rotatable bonds is 11. The van der Waals surface area contributed by atoms with Crippen LogP contribution < -0.4 is 10.4 Å². The number of hydrogen-bond acceptors (Lipinski definition) is 6. The van der Waals surface area contributed by atoms with Crippen LogP contribution in [0.3, 0.4) is 0 Å². The molecule has 0 spiro atoms. The number of aromatic nitrogens is 5. The first-order valence-corrected chi connectivity index (χ1v) is 15.3. The van der Waals surface area contributed by atoms with Gasteiger partial charge < -0.3 is 4.72 Å². The van der Waals surface area contributed by atoms with E-state index in [4.69, 9.17) is 5.10 Å². The maximum Gasteiger partial charge on any atom is 0.346 e. The van der Waals surface area contributed by atoms with E-state index in [1.165, 1.54) is 23.1 Å². The maximum absolute atomic E-state index is 13.0. The first-order valence-electron chi connectivity index (χ1n) is 14.5. The second kappa shape index (κ2) is 13.2. The zero-order chi connectivity index (χ0) is 29.5. The third-order valence-electron chi connectivity index (χ3n) is 7.25. The Morgan fingerprint density at radius 3 is 2.19 bits per heavy atom. The van der Waals surface area contributed by atoms with Gasteiger partial charge in [0.05, 0.1) is 24.6 Å². The Kier molecular flexibility index (Phi) is 9.22. The smallest absolute Gasteiger partial charge is 0.309 e. The van der Waals surface area contributed by atoms with Crippen molar-refractivity contribution in [3.63, 3.8) is 0 Å². The normalized spacial score (nSPS) is 11.5. The minimum absolute atomic E-state index is 0.0438. The molecule has 0 aliphatic heterocycles. The van der Waals surface area contributed by atoms with Crippen molar-refractivity contribution in [2.24, 2.45) is 0 Å². The fourth-order valence-corrected chi connectivity index (χ4v) is 5.42. The van der Waals surface area contributed by atoms with E-state index in [-0.39, 0.29) is 11.1 Å². The molecule has 5 rings (SSSR count). The van der Waals surface area contributed by atoms with Gasteiger partial charge in [0, 0.05) is 23.4 Å². The molecule has 0 saturated heterocycles. The summed E-state index contributed by atoms with van der Waals surface area (Å²) in [5.41, 5.74) is 5.53. The van der Waals surface area contributed by atoms with Gasteiger partial charge in [0.1, 0.15) is 5.82 Å². The third-order valence-corrected chi connectivity index (χ3v) is 8.07. The summed E-state index contributed by atoms with van der Waals surface area (Å²) < 4.78 is 6.63. The Bertz CT molecular complexity index is 1630. The van der Waals surface area contributed by atoms with Crippen molar-refractivity contribution in [1.29, 1.82) is 0 Å². The molecule has 0 saturated carbocycles. The Balaban J connectivity index is 1.15. The van der Waals surface area contributed by atoms with Gasteiger partial charge in [0.15, 0.2) is 5.82 Å². The van der Waals surface area contributed by atoms with Gasteiger partial charge in [-0.2, -0.15) is 5.10 Å². The van der Waals surface area contributed by atoms with Crippen molar-refractivity contribution in [3.05, 3.63) is 124 Å². The fourth-order valence-electron chi connectivity index (χ4n) is 4.80. The molecule has 0 amide bonds. The van der Waals surface area contributed by atoms with Crippen LogP contribution in [0.2, 0.25) is 0 Å². The molecular weight excluding hydrogens is 540 g/mol. The van der Waals surface area contributed by atoms with Crippen molar-refractivity contribution < 1.29 is 0 Å². The van der Waals surface area contributed by atoms with E-state index in [9.17, 15) is 4.79 Å². The molecule has 0 fully saturated rings. The van der Waals surface area contributed by atoms with Crippen molar-refractivity contribution >= 4 is 17.8 Å². The molecule has 42 heavy (non-hydrogen) atoms. The van der Waals surface area contributed by atoms with Crippen LogP contribution in [0.1, 0.15) is 56.6 Å². The van der Waals surface area contributed by atoms with Crippen LogP contribution in [0.25, 0.3) is 11.3 Å². The second-order valence-corrected chi connectivity index (χ2v) is 12.3. The molecule has 7 nitrogen and oxygen atoms in total. The molecule has 2 aromatic heterocycles. The first-order chi connectivity index (χ1) is 20.3. The van der Waals surface area contributed by atoms with Crippen LogP contribution in [0.4, 0.5) is 5.82 Å². The molecule has 3 aromatic carbocycles. The lowest BCUT2D eigenvalue weighted by Gasteiger charge is -2.19. The van der Waals surface area contributed by atoms with Crippen molar-refractivity contribution in [1.82, 2.24) is 24.3 Å². The van der Waals surface area contributed by atoms with Gasteiger partial charge in [-0.15, -0.1) is 0 Å². The Morgan fingerprint density at radius 1 is 0.833 bits per heavy atom. The topological polar surface area (TPSA) is 77.6 Å². The van der Waals surface area contributed by atoms with Crippen LogP contribution in [-0.2, 0) is 31.3 Å². The summed E-state index contributed by atoms with van der Waals surface area (Å²) in [6, 6.07) is 27.1. The fraction of sp³-hybridized carbons (Fsp3) is 0.294. The zero-order valence-electron chi connectivity index (χ0n) is 24.7. The summed E-state index contributed by atoms with van der Waals surface area (Å²) in [5, 5.41) is 4.71. The van der Waals surface area contributed by atoms with E-state index >= 15 is 0 Å². The first kappa shape index (κ1) is 29.3. The second-order valence-electron chi connectivity index (χ2n) is 11.4. The van der Waals surface area contributed by atoms with Gasteiger partial charge in [-0.25, -0.2) is 14.5 Å². The highest BCUT2D eigenvalue weighted by molar-refractivity contribution is 8.00. The molecule has 216 valence electrons. The third kappa shape index (κ3) is 7.36. The lowest BCUT2D eigenvalue weighted by molar-refractivity contribution is 0.588. The Labute approximate surface area is 252 Å². The molecule has 1 N–H and O–H groups in total. The highest BCUT2D eigenvalue weighted by Gasteiger charge is 2.15. The van der Waals surface area contributed by atoms with Crippen LogP contribution in [-0.4, -0.2) is 24.3 Å². The van der Waals surface area contributed by atoms with Crippen molar-refractivity contribution in [3.8, 4) is 11.3 Å². The molecule has 0 unspecified atom stereocenters. The standard InChI is InChI=1S/C34H38N6OS/c1-5-39-32(37-40(33(39)41)24-26-16-20-28(21-17-26)34(2,3)4)13-9-10-25-14-18-27(19-15-25)30-22-36-31(23-35-30)38-42-29-11-7-6-8-12-29/h6-8,11-12,14-23H,5,9-10,13,24H2,1-4H3,(H,36,38). The highest BCUT2D eigenvalue weighted by Crippen LogP contribution is 2.23. The lowest BCUT2D eigenvalue weighted by Crippen LogP contribution is -2.25. The molecule has 5 aromatic rings.